The van der Waals surface area contributed by atoms with E-state index >= 15 is 0 Å². The highest BCUT2D eigenvalue weighted by molar-refractivity contribution is 6.19. The van der Waals surface area contributed by atoms with Crippen LogP contribution in [0.25, 0.3) is 0 Å². The maximum absolute atomic E-state index is 11.9. The molecule has 6 heteroatoms. The summed E-state index contributed by atoms with van der Waals surface area (Å²) in [5.41, 5.74) is 0. The normalized spacial score (nSPS) is 27.9. The Kier molecular flexibility index (Phi) is 3.38. The number of halogens is 1. The zero-order valence-corrected chi connectivity index (χ0v) is 10.4. The topological polar surface area (TPSA) is 57.7 Å². The molecule has 0 aliphatic carbocycles. The second-order valence-corrected chi connectivity index (χ2v) is 4.75. The Labute approximate surface area is 105 Å². The molecule has 0 aromatic rings. The minimum absolute atomic E-state index is 0.0713. The number of rotatable bonds is 3. The van der Waals surface area contributed by atoms with Gasteiger partial charge in [0.25, 0.3) is 0 Å². The summed E-state index contributed by atoms with van der Waals surface area (Å²) in [5.74, 6) is -0.734. The molecule has 94 valence electrons. The first-order chi connectivity index (χ1) is 8.10. The number of fused-ring (bicyclic) bond motifs is 1. The highest BCUT2D eigenvalue weighted by Crippen LogP contribution is 2.33. The summed E-state index contributed by atoms with van der Waals surface area (Å²) >= 11 is 5.51. The van der Waals surface area contributed by atoms with Crippen molar-refractivity contribution in [1.82, 2.24) is 9.80 Å². The molecule has 0 bridgehead atoms. The Morgan fingerprint density at radius 1 is 1.29 bits per heavy atom. The molecule has 0 N–H and O–H groups in total. The standard InChI is InChI=1S/C11H15ClN2O3/c1-2-14-10(16)7-5-13(9(15)3-4-12)6-8(7)11(14)17/h7-8H,2-6H2,1H3/t7-,8+. The third kappa shape index (κ3) is 1.92. The quantitative estimate of drug-likeness (QED) is 0.532. The summed E-state index contributed by atoms with van der Waals surface area (Å²) in [5, 5.41) is 0. The van der Waals surface area contributed by atoms with E-state index in [0.717, 1.165) is 0 Å². The van der Waals surface area contributed by atoms with Gasteiger partial charge in [-0.1, -0.05) is 0 Å². The van der Waals surface area contributed by atoms with Crippen molar-refractivity contribution in [3.8, 4) is 0 Å². The zero-order valence-electron chi connectivity index (χ0n) is 9.69. The molecule has 0 saturated carbocycles. The molecule has 5 nitrogen and oxygen atoms in total. The number of imide groups is 1. The van der Waals surface area contributed by atoms with Gasteiger partial charge in [0.15, 0.2) is 0 Å². The Morgan fingerprint density at radius 2 is 1.82 bits per heavy atom. The molecule has 0 radical (unpaired) electrons. The lowest BCUT2D eigenvalue weighted by atomic mass is 10.00. The molecule has 2 heterocycles. The van der Waals surface area contributed by atoms with Gasteiger partial charge in [-0.25, -0.2) is 0 Å². The van der Waals surface area contributed by atoms with Gasteiger partial charge in [0.1, 0.15) is 0 Å². The molecular weight excluding hydrogens is 244 g/mol. The van der Waals surface area contributed by atoms with Crippen LogP contribution in [0.1, 0.15) is 13.3 Å². The van der Waals surface area contributed by atoms with Crippen LogP contribution in [0.3, 0.4) is 0 Å². The summed E-state index contributed by atoms with van der Waals surface area (Å²) < 4.78 is 0. The minimum atomic E-state index is -0.332. The zero-order chi connectivity index (χ0) is 12.6. The van der Waals surface area contributed by atoms with Crippen LogP contribution in [0, 0.1) is 11.8 Å². The molecule has 0 aromatic carbocycles. The van der Waals surface area contributed by atoms with Crippen molar-refractivity contribution in [2.24, 2.45) is 11.8 Å². The van der Waals surface area contributed by atoms with Crippen LogP contribution >= 0.6 is 11.6 Å². The van der Waals surface area contributed by atoms with Crippen LogP contribution in [0.15, 0.2) is 0 Å². The second-order valence-electron chi connectivity index (χ2n) is 4.37. The van der Waals surface area contributed by atoms with Crippen molar-refractivity contribution in [1.29, 1.82) is 0 Å². The summed E-state index contributed by atoms with van der Waals surface area (Å²) in [7, 11) is 0. The van der Waals surface area contributed by atoms with Crippen LogP contribution in [-0.2, 0) is 14.4 Å². The van der Waals surface area contributed by atoms with Gasteiger partial charge < -0.3 is 4.90 Å². The monoisotopic (exact) mass is 258 g/mol. The van der Waals surface area contributed by atoms with E-state index in [0.29, 0.717) is 19.6 Å². The van der Waals surface area contributed by atoms with Gasteiger partial charge in [0.05, 0.1) is 11.8 Å². The highest BCUT2D eigenvalue weighted by Gasteiger charge is 2.52. The fourth-order valence-corrected chi connectivity index (χ4v) is 2.73. The van der Waals surface area contributed by atoms with Crippen LogP contribution in [-0.4, -0.2) is 53.0 Å². The fourth-order valence-electron chi connectivity index (χ4n) is 2.57. The average Bonchev–Trinajstić information content (AvgIpc) is 2.81. The summed E-state index contributed by atoms with van der Waals surface area (Å²) in [6, 6.07) is 0. The second kappa shape index (κ2) is 4.64. The first kappa shape index (κ1) is 12.4. The Balaban J connectivity index is 2.07. The van der Waals surface area contributed by atoms with Crippen molar-refractivity contribution >= 4 is 29.3 Å². The average molecular weight is 259 g/mol. The number of carbonyl (C=O) groups is 3. The van der Waals surface area contributed by atoms with Crippen molar-refractivity contribution in [2.75, 3.05) is 25.5 Å². The number of nitrogens with zero attached hydrogens (tertiary/aromatic N) is 2. The molecule has 2 fully saturated rings. The number of alkyl halides is 1. The smallest absolute Gasteiger partial charge is 0.234 e. The van der Waals surface area contributed by atoms with E-state index in [2.05, 4.69) is 0 Å². The molecule has 2 aliphatic rings. The molecule has 2 saturated heterocycles. The van der Waals surface area contributed by atoms with Crippen molar-refractivity contribution in [2.45, 2.75) is 13.3 Å². The molecule has 0 unspecified atom stereocenters. The van der Waals surface area contributed by atoms with Gasteiger partial charge in [-0.05, 0) is 6.92 Å². The van der Waals surface area contributed by atoms with Gasteiger partial charge in [0, 0.05) is 31.9 Å². The van der Waals surface area contributed by atoms with Crippen LogP contribution in [0.2, 0.25) is 0 Å². The molecule has 3 amide bonds. The molecule has 2 atom stereocenters. The molecular formula is C11H15ClN2O3. The number of likely N-dealkylation sites (tertiary alicyclic amines) is 2. The van der Waals surface area contributed by atoms with Crippen molar-refractivity contribution in [3.63, 3.8) is 0 Å². The number of hydrogen-bond donors (Lipinski definition) is 0. The highest BCUT2D eigenvalue weighted by atomic mass is 35.5. The maximum atomic E-state index is 11.9. The van der Waals surface area contributed by atoms with Gasteiger partial charge in [-0.15, -0.1) is 11.6 Å². The van der Waals surface area contributed by atoms with Crippen LogP contribution in [0.5, 0.6) is 0 Å². The van der Waals surface area contributed by atoms with Gasteiger partial charge in [-0.3, -0.25) is 19.3 Å². The van der Waals surface area contributed by atoms with E-state index in [-0.39, 0.29) is 41.9 Å². The predicted molar refractivity (Wildman–Crippen MR) is 61.3 cm³/mol. The van der Waals surface area contributed by atoms with Crippen molar-refractivity contribution < 1.29 is 14.4 Å². The Morgan fingerprint density at radius 3 is 2.24 bits per heavy atom. The van der Waals surface area contributed by atoms with E-state index < -0.39 is 0 Å². The van der Waals surface area contributed by atoms with E-state index in [1.54, 1.807) is 11.8 Å². The van der Waals surface area contributed by atoms with Gasteiger partial charge >= 0.3 is 0 Å². The van der Waals surface area contributed by atoms with Crippen molar-refractivity contribution in [3.05, 3.63) is 0 Å². The van der Waals surface area contributed by atoms with E-state index in [9.17, 15) is 14.4 Å². The van der Waals surface area contributed by atoms with E-state index in [4.69, 9.17) is 11.6 Å². The number of hydrogen-bond acceptors (Lipinski definition) is 3. The Hall–Kier alpha value is -1.10. The molecule has 17 heavy (non-hydrogen) atoms. The maximum Gasteiger partial charge on any atom is 0.234 e. The summed E-state index contributed by atoms with van der Waals surface area (Å²) in [6.07, 6.45) is 0.265. The van der Waals surface area contributed by atoms with Crippen LogP contribution < -0.4 is 0 Å². The lowest BCUT2D eigenvalue weighted by molar-refractivity contribution is -0.140. The number of amides is 3. The lowest BCUT2D eigenvalue weighted by Gasteiger charge is -2.19. The van der Waals surface area contributed by atoms with Crippen LogP contribution in [0.4, 0.5) is 0 Å². The number of carbonyl (C=O) groups excluding carboxylic acids is 3. The molecule has 2 rings (SSSR count). The lowest BCUT2D eigenvalue weighted by Crippen LogP contribution is -2.37. The third-order valence-corrected chi connectivity index (χ3v) is 3.65. The van der Waals surface area contributed by atoms with Gasteiger partial charge in [-0.2, -0.15) is 0 Å². The largest absolute Gasteiger partial charge is 0.341 e. The van der Waals surface area contributed by atoms with E-state index in [1.165, 1.54) is 4.90 Å². The molecule has 0 spiro atoms. The first-order valence-electron chi connectivity index (χ1n) is 5.79. The predicted octanol–water partition coefficient (Wildman–Crippen LogP) is 0.0786. The minimum Gasteiger partial charge on any atom is -0.341 e. The summed E-state index contributed by atoms with van der Waals surface area (Å²) in [6.45, 7) is 2.93. The van der Waals surface area contributed by atoms with Gasteiger partial charge in [0.2, 0.25) is 17.7 Å². The molecule has 2 aliphatic heterocycles. The third-order valence-electron chi connectivity index (χ3n) is 3.46. The first-order valence-corrected chi connectivity index (χ1v) is 6.32. The van der Waals surface area contributed by atoms with E-state index in [1.807, 2.05) is 0 Å². The molecule has 0 aromatic heterocycles. The SMILES string of the molecule is CCN1C(=O)[C@H]2CN(C(=O)CCCl)C[C@H]2C1=O. The fraction of sp³-hybridized carbons (Fsp3) is 0.727. The summed E-state index contributed by atoms with van der Waals surface area (Å²) in [4.78, 5) is 38.3. The Bertz CT molecular complexity index is 348.